The van der Waals surface area contributed by atoms with Gasteiger partial charge in [0, 0.05) is 0 Å². The van der Waals surface area contributed by atoms with Crippen LogP contribution in [-0.4, -0.2) is 18.6 Å². The second kappa shape index (κ2) is 4.33. The highest BCUT2D eigenvalue weighted by molar-refractivity contribution is 6.35. The number of nitrogens with zero attached hydrogens (tertiary/aromatic N) is 1. The third-order valence-electron chi connectivity index (χ3n) is 1.18. The predicted octanol–water partition coefficient (Wildman–Crippen LogP) is 1.22. The van der Waals surface area contributed by atoms with E-state index in [4.69, 9.17) is 9.25 Å². The lowest BCUT2D eigenvalue weighted by atomic mass is 10.3. The van der Waals surface area contributed by atoms with E-state index in [0.717, 1.165) is 0 Å². The van der Waals surface area contributed by atoms with Crippen LogP contribution in [-0.2, 0) is 9.63 Å². The molecular formula is C8H9NO3. The lowest BCUT2D eigenvalue weighted by Crippen LogP contribution is -2.01. The van der Waals surface area contributed by atoms with Gasteiger partial charge in [0.25, 0.3) is 0 Å². The fourth-order valence-corrected chi connectivity index (χ4v) is 0.683. The highest BCUT2D eigenvalue weighted by Crippen LogP contribution is 2.00. The molecule has 0 spiro atoms. The van der Waals surface area contributed by atoms with Crippen molar-refractivity contribution in [1.82, 2.24) is 0 Å². The standard InChI is InChI=1S/C8H9NO3/c1-2-12-9-7(6-10)8-4-3-5-11-8/h3-6H,2H2,1H3/b9-7+. The Bertz CT molecular complexity index is 264. The van der Waals surface area contributed by atoms with Gasteiger partial charge in [-0.1, -0.05) is 5.16 Å². The molecule has 0 fully saturated rings. The highest BCUT2D eigenvalue weighted by Gasteiger charge is 2.04. The Balaban J connectivity index is 2.76. The third-order valence-corrected chi connectivity index (χ3v) is 1.18. The number of furan rings is 1. The van der Waals surface area contributed by atoms with Crippen LogP contribution in [0.15, 0.2) is 28.0 Å². The van der Waals surface area contributed by atoms with E-state index in [9.17, 15) is 4.79 Å². The summed E-state index contributed by atoms with van der Waals surface area (Å²) in [6.07, 6.45) is 2.06. The lowest BCUT2D eigenvalue weighted by Gasteiger charge is -1.93. The van der Waals surface area contributed by atoms with E-state index in [1.165, 1.54) is 6.26 Å². The molecule has 0 atom stereocenters. The molecule has 0 aliphatic heterocycles. The van der Waals surface area contributed by atoms with E-state index >= 15 is 0 Å². The van der Waals surface area contributed by atoms with E-state index in [0.29, 0.717) is 18.7 Å². The van der Waals surface area contributed by atoms with Crippen LogP contribution in [0.5, 0.6) is 0 Å². The summed E-state index contributed by atoms with van der Waals surface area (Å²) in [5, 5.41) is 3.56. The van der Waals surface area contributed by atoms with E-state index in [1.54, 1.807) is 19.1 Å². The van der Waals surface area contributed by atoms with Gasteiger partial charge in [-0.3, -0.25) is 4.79 Å². The molecule has 0 aliphatic rings. The van der Waals surface area contributed by atoms with Crippen molar-refractivity contribution in [3.05, 3.63) is 24.2 Å². The highest BCUT2D eigenvalue weighted by atomic mass is 16.6. The molecule has 0 N–H and O–H groups in total. The van der Waals surface area contributed by atoms with Crippen LogP contribution in [0.2, 0.25) is 0 Å². The van der Waals surface area contributed by atoms with E-state index < -0.39 is 0 Å². The van der Waals surface area contributed by atoms with Crippen molar-refractivity contribution in [1.29, 1.82) is 0 Å². The molecule has 4 nitrogen and oxygen atoms in total. The fourth-order valence-electron chi connectivity index (χ4n) is 0.683. The van der Waals surface area contributed by atoms with Gasteiger partial charge in [-0.2, -0.15) is 0 Å². The van der Waals surface area contributed by atoms with Gasteiger partial charge in [-0.25, -0.2) is 0 Å². The average molecular weight is 167 g/mol. The second-order valence-electron chi connectivity index (χ2n) is 1.99. The Labute approximate surface area is 69.8 Å². The summed E-state index contributed by atoms with van der Waals surface area (Å²) in [7, 11) is 0. The molecule has 12 heavy (non-hydrogen) atoms. The van der Waals surface area contributed by atoms with E-state index in [2.05, 4.69) is 5.16 Å². The number of oxime groups is 1. The van der Waals surface area contributed by atoms with Crippen molar-refractivity contribution in [3.63, 3.8) is 0 Å². The molecule has 1 heterocycles. The number of aldehydes is 1. The van der Waals surface area contributed by atoms with Crippen LogP contribution >= 0.6 is 0 Å². The maximum absolute atomic E-state index is 10.4. The van der Waals surface area contributed by atoms with Gasteiger partial charge in [0.1, 0.15) is 6.61 Å². The predicted molar refractivity (Wildman–Crippen MR) is 42.9 cm³/mol. The SMILES string of the molecule is CCO/N=C(\C=O)c1ccco1. The first kappa shape index (κ1) is 8.52. The molecule has 0 aromatic carbocycles. The minimum atomic E-state index is 0.168. The molecule has 0 aliphatic carbocycles. The lowest BCUT2D eigenvalue weighted by molar-refractivity contribution is -0.102. The number of hydrogen-bond donors (Lipinski definition) is 0. The van der Waals surface area contributed by atoms with Crippen LogP contribution in [0, 0.1) is 0 Å². The molecule has 1 rings (SSSR count). The number of hydrogen-bond acceptors (Lipinski definition) is 4. The smallest absolute Gasteiger partial charge is 0.184 e. The van der Waals surface area contributed by atoms with Gasteiger partial charge in [0.2, 0.25) is 0 Å². The molecule has 0 saturated heterocycles. The van der Waals surface area contributed by atoms with Gasteiger partial charge in [-0.05, 0) is 19.1 Å². The van der Waals surface area contributed by atoms with Crippen LogP contribution in [0.25, 0.3) is 0 Å². The first-order valence-electron chi connectivity index (χ1n) is 3.57. The first-order chi connectivity index (χ1) is 5.88. The Morgan fingerprint density at radius 2 is 2.67 bits per heavy atom. The third kappa shape index (κ3) is 1.95. The quantitative estimate of drug-likeness (QED) is 0.385. The molecule has 0 unspecified atom stereocenters. The maximum atomic E-state index is 10.4. The Kier molecular flexibility index (Phi) is 3.07. The van der Waals surface area contributed by atoms with Gasteiger partial charge >= 0.3 is 0 Å². The zero-order valence-corrected chi connectivity index (χ0v) is 6.69. The summed E-state index contributed by atoms with van der Waals surface area (Å²) in [5.41, 5.74) is 0.168. The van der Waals surface area contributed by atoms with Crippen LogP contribution < -0.4 is 0 Å². The van der Waals surface area contributed by atoms with Gasteiger partial charge in [-0.15, -0.1) is 0 Å². The van der Waals surface area contributed by atoms with Crippen LogP contribution in [0.1, 0.15) is 12.7 Å². The summed E-state index contributed by atoms with van der Waals surface area (Å²) in [6.45, 7) is 2.21. The van der Waals surface area contributed by atoms with Gasteiger partial charge in [0.05, 0.1) is 6.26 Å². The summed E-state index contributed by atoms with van der Waals surface area (Å²) in [5.74, 6) is 0.415. The normalized spacial score (nSPS) is 11.2. The van der Waals surface area contributed by atoms with Gasteiger partial charge < -0.3 is 9.25 Å². The van der Waals surface area contributed by atoms with E-state index in [-0.39, 0.29) is 5.71 Å². The maximum Gasteiger partial charge on any atom is 0.184 e. The van der Waals surface area contributed by atoms with Crippen molar-refractivity contribution in [2.45, 2.75) is 6.92 Å². The molecule has 0 amide bonds. The molecule has 4 heteroatoms. The first-order valence-corrected chi connectivity index (χ1v) is 3.57. The van der Waals surface area contributed by atoms with Crippen molar-refractivity contribution in [2.24, 2.45) is 5.16 Å². The van der Waals surface area contributed by atoms with Crippen molar-refractivity contribution < 1.29 is 14.0 Å². The Morgan fingerprint density at radius 3 is 3.17 bits per heavy atom. The number of carbonyl (C=O) groups is 1. The van der Waals surface area contributed by atoms with Crippen LogP contribution in [0.4, 0.5) is 0 Å². The summed E-state index contributed by atoms with van der Waals surface area (Å²) < 4.78 is 4.94. The average Bonchev–Trinajstić information content (AvgIpc) is 2.59. The Morgan fingerprint density at radius 1 is 1.83 bits per heavy atom. The van der Waals surface area contributed by atoms with Crippen molar-refractivity contribution in [3.8, 4) is 0 Å². The molecule has 1 aromatic heterocycles. The molecule has 1 aromatic rings. The largest absolute Gasteiger partial charge is 0.462 e. The van der Waals surface area contributed by atoms with Gasteiger partial charge in [0.15, 0.2) is 17.8 Å². The number of carbonyl (C=O) groups excluding carboxylic acids is 1. The molecule has 0 saturated carbocycles. The fraction of sp³-hybridized carbons (Fsp3) is 0.250. The van der Waals surface area contributed by atoms with Crippen LogP contribution in [0.3, 0.4) is 0 Å². The minimum Gasteiger partial charge on any atom is -0.462 e. The minimum absolute atomic E-state index is 0.168. The molecular weight excluding hydrogens is 158 g/mol. The molecule has 0 bridgehead atoms. The van der Waals surface area contributed by atoms with E-state index in [1.807, 2.05) is 0 Å². The topological polar surface area (TPSA) is 51.8 Å². The monoisotopic (exact) mass is 167 g/mol. The van der Waals surface area contributed by atoms with Crippen molar-refractivity contribution >= 4 is 12.0 Å². The summed E-state index contributed by atoms with van der Waals surface area (Å²) in [6, 6.07) is 3.33. The molecule has 64 valence electrons. The summed E-state index contributed by atoms with van der Waals surface area (Å²) in [4.78, 5) is 15.1. The van der Waals surface area contributed by atoms with Crippen molar-refractivity contribution in [2.75, 3.05) is 6.61 Å². The second-order valence-corrected chi connectivity index (χ2v) is 1.99. The number of rotatable bonds is 4. The Hall–Kier alpha value is -1.58. The summed E-state index contributed by atoms with van der Waals surface area (Å²) >= 11 is 0. The zero-order valence-electron chi connectivity index (χ0n) is 6.69. The molecule has 0 radical (unpaired) electrons. The zero-order chi connectivity index (χ0) is 8.81.